The highest BCUT2D eigenvalue weighted by atomic mass is 16.5. The number of carboxylic acid groups (broad SMARTS) is 2. The summed E-state index contributed by atoms with van der Waals surface area (Å²) in [6.45, 7) is 0. The van der Waals surface area contributed by atoms with Crippen molar-refractivity contribution in [2.75, 3.05) is 28.4 Å². The van der Waals surface area contributed by atoms with E-state index >= 15 is 0 Å². The van der Waals surface area contributed by atoms with E-state index in [0.717, 1.165) is 0 Å². The van der Waals surface area contributed by atoms with Crippen molar-refractivity contribution in [2.45, 2.75) is 0 Å². The average Bonchev–Trinajstić information content (AvgIpc) is 2.84. The normalized spacial score (nSPS) is 10.5. The fourth-order valence-corrected chi connectivity index (χ4v) is 2.65. The van der Waals surface area contributed by atoms with E-state index in [1.165, 1.54) is 40.6 Å². The van der Waals surface area contributed by atoms with E-state index < -0.39 is 11.9 Å². The summed E-state index contributed by atoms with van der Waals surface area (Å²) in [4.78, 5) is 21.5. The Hall–Kier alpha value is -4.96. The molecule has 0 amide bonds. The van der Waals surface area contributed by atoms with Crippen LogP contribution in [0.25, 0.3) is 12.2 Å². The molecule has 10 nitrogen and oxygen atoms in total. The van der Waals surface area contributed by atoms with Crippen molar-refractivity contribution < 1.29 is 38.7 Å². The molecule has 0 bridgehead atoms. The molecule has 0 saturated carbocycles. The molecule has 0 aliphatic heterocycles. The molecule has 2 N–H and O–H groups in total. The molecule has 176 valence electrons. The standard InChI is InChI=1S/2C12H11NO4/c2*1-16-10-5-3-4-8(11(10)17-2)6-9(7-13)12(14)15/h2*3-6H,1-2H3,(H,14,15)/b2*9-6+. The van der Waals surface area contributed by atoms with Crippen LogP contribution in [0.15, 0.2) is 47.5 Å². The molecule has 2 rings (SSSR count). The third-order valence-corrected chi connectivity index (χ3v) is 4.17. The van der Waals surface area contributed by atoms with Gasteiger partial charge in [0.1, 0.15) is 23.3 Å². The maximum absolute atomic E-state index is 10.7. The number of hydrogen-bond donors (Lipinski definition) is 2. The van der Waals surface area contributed by atoms with Crippen molar-refractivity contribution in [1.29, 1.82) is 10.5 Å². The Kier molecular flexibility index (Phi) is 10.7. The minimum Gasteiger partial charge on any atom is -0.493 e. The van der Waals surface area contributed by atoms with Gasteiger partial charge in [-0.3, -0.25) is 0 Å². The van der Waals surface area contributed by atoms with Crippen LogP contribution in [0.2, 0.25) is 0 Å². The summed E-state index contributed by atoms with van der Waals surface area (Å²) in [6.07, 6.45) is 2.48. The maximum atomic E-state index is 10.7. The highest BCUT2D eigenvalue weighted by Gasteiger charge is 2.12. The van der Waals surface area contributed by atoms with Crippen molar-refractivity contribution in [3.63, 3.8) is 0 Å². The van der Waals surface area contributed by atoms with Crippen LogP contribution in [0, 0.1) is 22.7 Å². The van der Waals surface area contributed by atoms with Crippen molar-refractivity contribution in [3.05, 3.63) is 58.7 Å². The minimum absolute atomic E-state index is 0.364. The lowest BCUT2D eigenvalue weighted by Crippen LogP contribution is -1.98. The summed E-state index contributed by atoms with van der Waals surface area (Å²) in [5, 5.41) is 34.9. The quantitative estimate of drug-likeness (QED) is 0.436. The van der Waals surface area contributed by atoms with Gasteiger partial charge in [-0.05, 0) is 24.3 Å². The number of nitriles is 2. The third kappa shape index (κ3) is 7.04. The third-order valence-electron chi connectivity index (χ3n) is 4.17. The molecule has 0 saturated heterocycles. The lowest BCUT2D eigenvalue weighted by molar-refractivity contribution is -0.133. The molecular formula is C24H22N2O8. The van der Waals surface area contributed by atoms with Crippen LogP contribution < -0.4 is 18.9 Å². The van der Waals surface area contributed by atoms with Crippen LogP contribution in [0.5, 0.6) is 23.0 Å². The average molecular weight is 466 g/mol. The second-order valence-corrected chi connectivity index (χ2v) is 6.12. The van der Waals surface area contributed by atoms with Crippen LogP contribution in [-0.2, 0) is 9.59 Å². The van der Waals surface area contributed by atoms with E-state index in [4.69, 9.17) is 39.7 Å². The van der Waals surface area contributed by atoms with Gasteiger partial charge in [-0.1, -0.05) is 24.3 Å². The Morgan fingerprint density at radius 2 is 1.06 bits per heavy atom. The summed E-state index contributed by atoms with van der Waals surface area (Å²) >= 11 is 0. The molecule has 10 heteroatoms. The predicted molar refractivity (Wildman–Crippen MR) is 122 cm³/mol. The Bertz CT molecular complexity index is 1090. The number of para-hydroxylation sites is 2. The molecule has 0 fully saturated rings. The molecule has 34 heavy (non-hydrogen) atoms. The fourth-order valence-electron chi connectivity index (χ4n) is 2.65. The molecular weight excluding hydrogens is 444 g/mol. The summed E-state index contributed by atoms with van der Waals surface area (Å²) in [7, 11) is 5.85. The number of benzene rings is 2. The first-order valence-corrected chi connectivity index (χ1v) is 9.39. The zero-order valence-electron chi connectivity index (χ0n) is 18.9. The molecule has 2 aromatic rings. The summed E-state index contributed by atoms with van der Waals surface area (Å²) < 4.78 is 20.4. The van der Waals surface area contributed by atoms with E-state index in [0.29, 0.717) is 34.1 Å². The van der Waals surface area contributed by atoms with Crippen molar-refractivity contribution in [2.24, 2.45) is 0 Å². The highest BCUT2D eigenvalue weighted by Crippen LogP contribution is 2.33. The molecule has 0 heterocycles. The minimum atomic E-state index is -1.28. The first-order valence-electron chi connectivity index (χ1n) is 9.39. The second-order valence-electron chi connectivity index (χ2n) is 6.12. The van der Waals surface area contributed by atoms with Gasteiger partial charge in [0.05, 0.1) is 28.4 Å². The SMILES string of the molecule is COc1cccc(/C=C(\C#N)C(=O)O)c1OC.COc1cccc(/C=C(\C#N)C(=O)O)c1OC. The van der Waals surface area contributed by atoms with E-state index in [1.807, 2.05) is 0 Å². The number of rotatable bonds is 8. The van der Waals surface area contributed by atoms with Gasteiger partial charge in [-0.15, -0.1) is 0 Å². The number of ether oxygens (including phenoxy) is 4. The Balaban J connectivity index is 0.000000340. The number of methoxy groups -OCH3 is 4. The van der Waals surface area contributed by atoms with Crippen LogP contribution in [0.3, 0.4) is 0 Å². The van der Waals surface area contributed by atoms with E-state index in [9.17, 15) is 9.59 Å². The summed E-state index contributed by atoms with van der Waals surface area (Å²) in [5.74, 6) is -0.824. The molecule has 0 unspecified atom stereocenters. The van der Waals surface area contributed by atoms with Gasteiger partial charge in [-0.25, -0.2) is 9.59 Å². The topological polar surface area (TPSA) is 159 Å². The van der Waals surface area contributed by atoms with Crippen LogP contribution in [0.1, 0.15) is 11.1 Å². The Morgan fingerprint density at radius 3 is 1.29 bits per heavy atom. The number of carbonyl (C=O) groups is 2. The number of hydrogen-bond acceptors (Lipinski definition) is 8. The van der Waals surface area contributed by atoms with Gasteiger partial charge in [0.2, 0.25) is 0 Å². The van der Waals surface area contributed by atoms with Gasteiger partial charge >= 0.3 is 11.9 Å². The molecule has 0 atom stereocenters. The van der Waals surface area contributed by atoms with Crippen molar-refractivity contribution >= 4 is 24.1 Å². The predicted octanol–water partition coefficient (Wildman–Crippen LogP) is 3.39. The number of aliphatic carboxylic acids is 2. The van der Waals surface area contributed by atoms with Gasteiger partial charge < -0.3 is 29.2 Å². The van der Waals surface area contributed by atoms with Crippen LogP contribution in [0.4, 0.5) is 0 Å². The van der Waals surface area contributed by atoms with E-state index in [1.54, 1.807) is 48.5 Å². The number of carboxylic acids is 2. The highest BCUT2D eigenvalue weighted by molar-refractivity contribution is 5.97. The van der Waals surface area contributed by atoms with Gasteiger partial charge in [0, 0.05) is 11.1 Å². The zero-order valence-corrected chi connectivity index (χ0v) is 18.9. The Labute approximate surface area is 196 Å². The molecule has 0 spiro atoms. The summed E-state index contributed by atoms with van der Waals surface area (Å²) in [5.41, 5.74) is 0.227. The van der Waals surface area contributed by atoms with E-state index in [-0.39, 0.29) is 11.1 Å². The van der Waals surface area contributed by atoms with Crippen molar-refractivity contribution in [1.82, 2.24) is 0 Å². The lowest BCUT2D eigenvalue weighted by atomic mass is 10.1. The van der Waals surface area contributed by atoms with Gasteiger partial charge in [-0.2, -0.15) is 10.5 Å². The van der Waals surface area contributed by atoms with Crippen molar-refractivity contribution in [3.8, 4) is 35.1 Å². The Morgan fingerprint density at radius 1 is 0.706 bits per heavy atom. The monoisotopic (exact) mass is 466 g/mol. The maximum Gasteiger partial charge on any atom is 0.346 e. The molecule has 0 radical (unpaired) electrons. The first-order chi connectivity index (χ1) is 16.3. The number of nitrogens with zero attached hydrogens (tertiary/aromatic N) is 2. The molecule has 2 aromatic carbocycles. The molecule has 0 aliphatic carbocycles. The van der Waals surface area contributed by atoms with E-state index in [2.05, 4.69) is 0 Å². The van der Waals surface area contributed by atoms with Gasteiger partial charge in [0.25, 0.3) is 0 Å². The molecule has 0 aromatic heterocycles. The van der Waals surface area contributed by atoms with Crippen LogP contribution in [-0.4, -0.2) is 50.6 Å². The smallest absolute Gasteiger partial charge is 0.346 e. The lowest BCUT2D eigenvalue weighted by Gasteiger charge is -2.09. The fraction of sp³-hybridized carbons (Fsp3) is 0.167. The van der Waals surface area contributed by atoms with Gasteiger partial charge in [0.15, 0.2) is 23.0 Å². The second kappa shape index (κ2) is 13.5. The largest absolute Gasteiger partial charge is 0.493 e. The molecule has 0 aliphatic rings. The van der Waals surface area contributed by atoms with Crippen LogP contribution >= 0.6 is 0 Å². The first kappa shape index (κ1) is 27.1. The zero-order chi connectivity index (χ0) is 25.7. The summed E-state index contributed by atoms with van der Waals surface area (Å²) in [6, 6.07) is 13.2.